The smallest absolute Gasteiger partial charge is 0.254 e. The maximum atomic E-state index is 13.7. The summed E-state index contributed by atoms with van der Waals surface area (Å²) in [6.45, 7) is 0.462. The molecule has 1 amide bonds. The van der Waals surface area contributed by atoms with Gasteiger partial charge in [-0.25, -0.2) is 4.39 Å². The van der Waals surface area contributed by atoms with Crippen molar-refractivity contribution >= 4 is 11.6 Å². The molecule has 0 bridgehead atoms. The zero-order valence-corrected chi connectivity index (χ0v) is 10.2. The monoisotopic (exact) mass is 256 g/mol. The second-order valence-electron chi connectivity index (χ2n) is 4.48. The van der Waals surface area contributed by atoms with Crippen LogP contribution in [-0.2, 0) is 0 Å². The van der Waals surface area contributed by atoms with Crippen LogP contribution < -0.4 is 10.6 Å². The number of anilines is 1. The molecule has 2 N–H and O–H groups in total. The van der Waals surface area contributed by atoms with Gasteiger partial charge in [0, 0.05) is 6.54 Å². The van der Waals surface area contributed by atoms with E-state index in [2.05, 4.69) is 10.6 Å². The number of benzene rings is 2. The van der Waals surface area contributed by atoms with Crippen molar-refractivity contribution in [1.29, 1.82) is 0 Å². The standard InChI is InChI=1S/C15H13FN2O/c16-12-8-4-7-11-14(12)17-9-13(18-15(11)19)10-5-2-1-3-6-10/h1-8,13,17H,9H2,(H,18,19). The van der Waals surface area contributed by atoms with E-state index in [0.29, 0.717) is 12.1 Å². The highest BCUT2D eigenvalue weighted by Crippen LogP contribution is 2.25. The number of fused-ring (bicyclic) bond motifs is 1. The van der Waals surface area contributed by atoms with Gasteiger partial charge in [-0.2, -0.15) is 0 Å². The lowest BCUT2D eigenvalue weighted by atomic mass is 10.1. The predicted octanol–water partition coefficient (Wildman–Crippen LogP) is 2.72. The molecule has 1 aliphatic rings. The first-order valence-corrected chi connectivity index (χ1v) is 6.14. The van der Waals surface area contributed by atoms with Crippen molar-refractivity contribution in [3.05, 3.63) is 65.5 Å². The highest BCUT2D eigenvalue weighted by atomic mass is 19.1. The maximum Gasteiger partial charge on any atom is 0.254 e. The average molecular weight is 256 g/mol. The van der Waals surface area contributed by atoms with Crippen molar-refractivity contribution in [3.8, 4) is 0 Å². The molecule has 2 aromatic rings. The van der Waals surface area contributed by atoms with Crippen LogP contribution in [0.1, 0.15) is 22.0 Å². The molecule has 2 aromatic carbocycles. The molecule has 0 radical (unpaired) electrons. The van der Waals surface area contributed by atoms with Crippen molar-refractivity contribution in [2.24, 2.45) is 0 Å². The molecule has 0 aromatic heterocycles. The normalized spacial score (nSPS) is 17.9. The minimum absolute atomic E-state index is 0.166. The second kappa shape index (κ2) is 4.72. The van der Waals surface area contributed by atoms with Gasteiger partial charge in [0.15, 0.2) is 0 Å². The number of hydrogen-bond donors (Lipinski definition) is 2. The van der Waals surface area contributed by atoms with E-state index in [9.17, 15) is 9.18 Å². The van der Waals surface area contributed by atoms with E-state index in [1.807, 2.05) is 30.3 Å². The SMILES string of the molecule is O=C1NC(c2ccccc2)CNc2c(F)cccc21. The molecule has 96 valence electrons. The number of halogens is 1. The highest BCUT2D eigenvalue weighted by Gasteiger charge is 2.23. The van der Waals surface area contributed by atoms with Gasteiger partial charge in [0.25, 0.3) is 5.91 Å². The van der Waals surface area contributed by atoms with Gasteiger partial charge in [-0.05, 0) is 17.7 Å². The molecular formula is C15H13FN2O. The van der Waals surface area contributed by atoms with Crippen LogP contribution in [0.4, 0.5) is 10.1 Å². The number of nitrogens with one attached hydrogen (secondary N) is 2. The zero-order chi connectivity index (χ0) is 13.2. The number of carbonyl (C=O) groups is 1. The Bertz CT molecular complexity index is 613. The fourth-order valence-electron chi connectivity index (χ4n) is 2.27. The van der Waals surface area contributed by atoms with Gasteiger partial charge in [-0.1, -0.05) is 36.4 Å². The Labute approximate surface area is 110 Å². The number of hydrogen-bond acceptors (Lipinski definition) is 2. The summed E-state index contributed by atoms with van der Waals surface area (Å²) in [7, 11) is 0. The van der Waals surface area contributed by atoms with Gasteiger partial charge < -0.3 is 10.6 Å². The predicted molar refractivity (Wildman–Crippen MR) is 71.5 cm³/mol. The van der Waals surface area contributed by atoms with Crippen molar-refractivity contribution in [3.63, 3.8) is 0 Å². The summed E-state index contributed by atoms with van der Waals surface area (Å²) in [4.78, 5) is 12.1. The molecule has 19 heavy (non-hydrogen) atoms. The molecule has 3 nitrogen and oxygen atoms in total. The minimum Gasteiger partial charge on any atom is -0.380 e. The molecule has 1 heterocycles. The number of carbonyl (C=O) groups excluding carboxylic acids is 1. The first-order chi connectivity index (χ1) is 9.25. The number of rotatable bonds is 1. The summed E-state index contributed by atoms with van der Waals surface area (Å²) in [5.41, 5.74) is 1.62. The quantitative estimate of drug-likeness (QED) is 0.823. The maximum absolute atomic E-state index is 13.7. The molecule has 0 saturated heterocycles. The lowest BCUT2D eigenvalue weighted by Gasteiger charge is -2.16. The summed E-state index contributed by atoms with van der Waals surface area (Å²) in [5, 5.41) is 5.92. The topological polar surface area (TPSA) is 41.1 Å². The number of para-hydroxylation sites is 1. The fourth-order valence-corrected chi connectivity index (χ4v) is 2.27. The second-order valence-corrected chi connectivity index (χ2v) is 4.48. The molecule has 0 spiro atoms. The zero-order valence-electron chi connectivity index (χ0n) is 10.2. The Hall–Kier alpha value is -2.36. The van der Waals surface area contributed by atoms with E-state index < -0.39 is 5.82 Å². The van der Waals surface area contributed by atoms with Gasteiger partial charge in [0.2, 0.25) is 0 Å². The molecule has 0 aliphatic carbocycles. The van der Waals surface area contributed by atoms with Crippen LogP contribution in [0.15, 0.2) is 48.5 Å². The third-order valence-electron chi connectivity index (χ3n) is 3.25. The number of amides is 1. The molecule has 1 atom stereocenters. The summed E-state index contributed by atoms with van der Waals surface area (Å²) in [6.07, 6.45) is 0. The van der Waals surface area contributed by atoms with Crippen LogP contribution in [0, 0.1) is 5.82 Å². The summed E-state index contributed by atoms with van der Waals surface area (Å²) in [6, 6.07) is 14.0. The van der Waals surface area contributed by atoms with Gasteiger partial charge in [-0.3, -0.25) is 4.79 Å². The summed E-state index contributed by atoms with van der Waals surface area (Å²) in [5.74, 6) is -0.658. The van der Waals surface area contributed by atoms with Crippen LogP contribution in [0.2, 0.25) is 0 Å². The van der Waals surface area contributed by atoms with Crippen LogP contribution >= 0.6 is 0 Å². The Morgan fingerprint density at radius 3 is 2.63 bits per heavy atom. The Morgan fingerprint density at radius 2 is 1.84 bits per heavy atom. The van der Waals surface area contributed by atoms with Crippen molar-refractivity contribution in [1.82, 2.24) is 5.32 Å². The molecule has 1 aliphatic heterocycles. The third-order valence-corrected chi connectivity index (χ3v) is 3.25. The van der Waals surface area contributed by atoms with E-state index >= 15 is 0 Å². The van der Waals surface area contributed by atoms with E-state index in [1.54, 1.807) is 6.07 Å². The van der Waals surface area contributed by atoms with E-state index in [0.717, 1.165) is 5.56 Å². The third kappa shape index (κ3) is 2.17. The average Bonchev–Trinajstić information content (AvgIpc) is 2.61. The van der Waals surface area contributed by atoms with Gasteiger partial charge in [0.1, 0.15) is 5.82 Å². The molecule has 4 heteroatoms. The first-order valence-electron chi connectivity index (χ1n) is 6.14. The molecule has 0 fully saturated rings. The Morgan fingerprint density at radius 1 is 1.05 bits per heavy atom. The van der Waals surface area contributed by atoms with Gasteiger partial charge in [-0.15, -0.1) is 0 Å². The van der Waals surface area contributed by atoms with Crippen LogP contribution in [0.5, 0.6) is 0 Å². The Kier molecular flexibility index (Phi) is 2.91. The highest BCUT2D eigenvalue weighted by molar-refractivity contribution is 6.00. The van der Waals surface area contributed by atoms with Crippen LogP contribution in [0.25, 0.3) is 0 Å². The first kappa shape index (κ1) is 11.7. The van der Waals surface area contributed by atoms with Crippen LogP contribution in [0.3, 0.4) is 0 Å². The van der Waals surface area contributed by atoms with Crippen molar-refractivity contribution in [2.45, 2.75) is 6.04 Å². The Balaban J connectivity index is 1.95. The minimum atomic E-state index is -0.402. The molecular weight excluding hydrogens is 243 g/mol. The fraction of sp³-hybridized carbons (Fsp3) is 0.133. The largest absolute Gasteiger partial charge is 0.380 e. The summed E-state index contributed by atoms with van der Waals surface area (Å²) >= 11 is 0. The molecule has 1 unspecified atom stereocenters. The van der Waals surface area contributed by atoms with Crippen molar-refractivity contribution < 1.29 is 9.18 Å². The lowest BCUT2D eigenvalue weighted by Crippen LogP contribution is -2.29. The molecule has 3 rings (SSSR count). The van der Waals surface area contributed by atoms with E-state index in [4.69, 9.17) is 0 Å². The van der Waals surface area contributed by atoms with Gasteiger partial charge >= 0.3 is 0 Å². The summed E-state index contributed by atoms with van der Waals surface area (Å²) < 4.78 is 13.7. The van der Waals surface area contributed by atoms with Crippen LogP contribution in [-0.4, -0.2) is 12.5 Å². The lowest BCUT2D eigenvalue weighted by molar-refractivity contribution is 0.0942. The van der Waals surface area contributed by atoms with Gasteiger partial charge in [0.05, 0.1) is 17.3 Å². The van der Waals surface area contributed by atoms with E-state index in [-0.39, 0.29) is 17.6 Å². The molecule has 0 saturated carbocycles. The van der Waals surface area contributed by atoms with Crippen molar-refractivity contribution in [2.75, 3.05) is 11.9 Å². The van der Waals surface area contributed by atoms with E-state index in [1.165, 1.54) is 12.1 Å².